The van der Waals surface area contributed by atoms with Gasteiger partial charge in [-0.15, -0.1) is 0 Å². The third kappa shape index (κ3) is 2.71. The number of hydrogen-bond acceptors (Lipinski definition) is 4. The van der Waals surface area contributed by atoms with Crippen LogP contribution >= 0.6 is 12.2 Å². The first kappa shape index (κ1) is 14.2. The molecule has 2 aromatic rings. The first-order chi connectivity index (χ1) is 10.1. The minimum atomic E-state index is -0.0449. The minimum absolute atomic E-state index is 0.0449. The molecule has 3 rings (SSSR count). The zero-order valence-corrected chi connectivity index (χ0v) is 12.9. The molecule has 5 heteroatoms. The van der Waals surface area contributed by atoms with Crippen molar-refractivity contribution in [3.05, 3.63) is 35.9 Å². The van der Waals surface area contributed by atoms with Gasteiger partial charge in [-0.2, -0.15) is 0 Å². The summed E-state index contributed by atoms with van der Waals surface area (Å²) in [6.07, 6.45) is 3.40. The van der Waals surface area contributed by atoms with E-state index < -0.39 is 0 Å². The maximum Gasteiger partial charge on any atom is 0.127 e. The van der Waals surface area contributed by atoms with E-state index >= 15 is 0 Å². The van der Waals surface area contributed by atoms with E-state index in [1.54, 1.807) is 7.11 Å². The van der Waals surface area contributed by atoms with Crippen molar-refractivity contribution in [2.45, 2.75) is 24.9 Å². The Balaban J connectivity index is 1.90. The smallest absolute Gasteiger partial charge is 0.127 e. The predicted molar refractivity (Wildman–Crippen MR) is 89.7 cm³/mol. The quantitative estimate of drug-likeness (QED) is 0.832. The van der Waals surface area contributed by atoms with Crippen LogP contribution in [0.15, 0.2) is 30.3 Å². The van der Waals surface area contributed by atoms with Crippen molar-refractivity contribution in [3.63, 3.8) is 0 Å². The van der Waals surface area contributed by atoms with Crippen LogP contribution in [0.5, 0.6) is 0 Å². The first-order valence-corrected chi connectivity index (χ1v) is 7.53. The molecule has 3 N–H and O–H groups in total. The van der Waals surface area contributed by atoms with Crippen LogP contribution in [-0.2, 0) is 4.74 Å². The SMILES string of the molecule is COC1(CNc2cc(C(N)=S)c3ccccc3n2)CCC1. The van der Waals surface area contributed by atoms with Gasteiger partial charge in [0.15, 0.2) is 0 Å². The number of anilines is 1. The first-order valence-electron chi connectivity index (χ1n) is 7.12. The predicted octanol–water partition coefficient (Wildman–Crippen LogP) is 2.85. The number of fused-ring (bicyclic) bond motifs is 1. The number of para-hydroxylation sites is 1. The van der Waals surface area contributed by atoms with Gasteiger partial charge in [0.25, 0.3) is 0 Å². The largest absolute Gasteiger partial charge is 0.389 e. The molecule has 1 saturated carbocycles. The maximum atomic E-state index is 5.85. The lowest BCUT2D eigenvalue weighted by atomic mass is 9.80. The molecule has 1 aliphatic carbocycles. The Kier molecular flexibility index (Phi) is 3.78. The number of methoxy groups -OCH3 is 1. The molecule has 1 aromatic carbocycles. The number of rotatable bonds is 5. The highest BCUT2D eigenvalue weighted by atomic mass is 32.1. The van der Waals surface area contributed by atoms with Gasteiger partial charge in [-0.25, -0.2) is 4.98 Å². The van der Waals surface area contributed by atoms with Crippen LogP contribution in [-0.4, -0.2) is 29.2 Å². The molecule has 21 heavy (non-hydrogen) atoms. The third-order valence-corrected chi connectivity index (χ3v) is 4.49. The zero-order valence-electron chi connectivity index (χ0n) is 12.1. The van der Waals surface area contributed by atoms with Crippen LogP contribution in [0.25, 0.3) is 10.9 Å². The number of thiocarbonyl (C=S) groups is 1. The fraction of sp³-hybridized carbons (Fsp3) is 0.375. The number of hydrogen-bond donors (Lipinski definition) is 2. The van der Waals surface area contributed by atoms with Gasteiger partial charge >= 0.3 is 0 Å². The van der Waals surface area contributed by atoms with Crippen molar-refractivity contribution in [2.24, 2.45) is 5.73 Å². The summed E-state index contributed by atoms with van der Waals surface area (Å²) in [5, 5.41) is 4.36. The van der Waals surface area contributed by atoms with Crippen LogP contribution in [0.4, 0.5) is 5.82 Å². The van der Waals surface area contributed by atoms with Crippen molar-refractivity contribution in [1.29, 1.82) is 0 Å². The second kappa shape index (κ2) is 5.58. The Labute approximate surface area is 129 Å². The molecule has 0 spiro atoms. The Morgan fingerprint density at radius 3 is 2.81 bits per heavy atom. The van der Waals surface area contributed by atoms with E-state index in [9.17, 15) is 0 Å². The van der Waals surface area contributed by atoms with Crippen LogP contribution in [0.3, 0.4) is 0 Å². The summed E-state index contributed by atoms with van der Waals surface area (Å²) in [6, 6.07) is 9.81. The fourth-order valence-corrected chi connectivity index (χ4v) is 2.91. The average Bonchev–Trinajstić information content (AvgIpc) is 2.45. The molecule has 1 fully saturated rings. The molecule has 0 bridgehead atoms. The molecule has 110 valence electrons. The standard InChI is InChI=1S/C16H19N3OS/c1-20-16(7-4-8-16)10-18-14-9-12(15(17)21)11-5-2-3-6-13(11)19-14/h2-3,5-6,9H,4,7-8,10H2,1H3,(H2,17,21)(H,18,19). The molecule has 4 nitrogen and oxygen atoms in total. The van der Waals surface area contributed by atoms with E-state index in [-0.39, 0.29) is 5.60 Å². The summed E-state index contributed by atoms with van der Waals surface area (Å²) >= 11 is 5.16. The van der Waals surface area contributed by atoms with Crippen molar-refractivity contribution in [2.75, 3.05) is 19.0 Å². The Bertz CT molecular complexity index is 677. The summed E-state index contributed by atoms with van der Waals surface area (Å²) in [6.45, 7) is 0.756. The number of aromatic nitrogens is 1. The number of pyridine rings is 1. The highest BCUT2D eigenvalue weighted by molar-refractivity contribution is 7.80. The van der Waals surface area contributed by atoms with Gasteiger partial charge in [0.2, 0.25) is 0 Å². The fourth-order valence-electron chi connectivity index (χ4n) is 2.75. The number of benzene rings is 1. The molecule has 0 aliphatic heterocycles. The Hall–Kier alpha value is -1.72. The van der Waals surface area contributed by atoms with E-state index in [0.717, 1.165) is 41.7 Å². The highest BCUT2D eigenvalue weighted by Crippen LogP contribution is 2.35. The lowest BCUT2D eigenvalue weighted by Gasteiger charge is -2.40. The van der Waals surface area contributed by atoms with Crippen molar-refractivity contribution >= 4 is 33.9 Å². The van der Waals surface area contributed by atoms with Crippen LogP contribution in [0.2, 0.25) is 0 Å². The molecule has 0 saturated heterocycles. The Morgan fingerprint density at radius 1 is 1.43 bits per heavy atom. The molecule has 0 unspecified atom stereocenters. The van der Waals surface area contributed by atoms with E-state index in [1.165, 1.54) is 6.42 Å². The van der Waals surface area contributed by atoms with Crippen molar-refractivity contribution in [3.8, 4) is 0 Å². The van der Waals surface area contributed by atoms with Gasteiger partial charge in [0.05, 0.1) is 11.1 Å². The lowest BCUT2D eigenvalue weighted by molar-refractivity contribution is -0.0601. The van der Waals surface area contributed by atoms with Crippen LogP contribution < -0.4 is 11.1 Å². The molecular weight excluding hydrogens is 282 g/mol. The normalized spacial score (nSPS) is 16.4. The summed E-state index contributed by atoms with van der Waals surface area (Å²) in [5.41, 5.74) is 7.55. The number of nitrogens with zero attached hydrogens (tertiary/aromatic N) is 1. The topological polar surface area (TPSA) is 60.2 Å². The lowest BCUT2D eigenvalue weighted by Crippen LogP contribution is -2.45. The maximum absolute atomic E-state index is 5.85. The van der Waals surface area contributed by atoms with E-state index in [2.05, 4.69) is 10.3 Å². The molecular formula is C16H19N3OS. The molecule has 0 atom stereocenters. The molecule has 0 radical (unpaired) electrons. The molecule has 1 aromatic heterocycles. The second-order valence-corrected chi connectivity index (χ2v) is 5.97. The highest BCUT2D eigenvalue weighted by Gasteiger charge is 2.36. The summed E-state index contributed by atoms with van der Waals surface area (Å²) in [4.78, 5) is 5.02. The number of nitrogens with two attached hydrogens (primary N) is 1. The average molecular weight is 301 g/mol. The van der Waals surface area contributed by atoms with Crippen molar-refractivity contribution < 1.29 is 4.74 Å². The van der Waals surface area contributed by atoms with Crippen LogP contribution in [0, 0.1) is 0 Å². The van der Waals surface area contributed by atoms with Gasteiger partial charge in [-0.05, 0) is 31.4 Å². The number of ether oxygens (including phenoxy) is 1. The van der Waals surface area contributed by atoms with Gasteiger partial charge in [0.1, 0.15) is 10.8 Å². The van der Waals surface area contributed by atoms with Gasteiger partial charge in [-0.1, -0.05) is 30.4 Å². The summed E-state index contributed by atoms with van der Waals surface area (Å²) in [5.74, 6) is 0.792. The third-order valence-electron chi connectivity index (χ3n) is 4.27. The molecule has 1 heterocycles. The minimum Gasteiger partial charge on any atom is -0.389 e. The molecule has 0 amide bonds. The second-order valence-electron chi connectivity index (χ2n) is 5.53. The van der Waals surface area contributed by atoms with Gasteiger partial charge in [0, 0.05) is 24.6 Å². The zero-order chi connectivity index (χ0) is 14.9. The summed E-state index contributed by atoms with van der Waals surface area (Å²) in [7, 11) is 1.77. The molecule has 1 aliphatic rings. The van der Waals surface area contributed by atoms with E-state index in [1.807, 2.05) is 30.3 Å². The van der Waals surface area contributed by atoms with E-state index in [0.29, 0.717) is 4.99 Å². The summed E-state index contributed by atoms with van der Waals surface area (Å²) < 4.78 is 5.62. The van der Waals surface area contributed by atoms with Gasteiger partial charge < -0.3 is 15.8 Å². The van der Waals surface area contributed by atoms with Gasteiger partial charge in [-0.3, -0.25) is 0 Å². The van der Waals surface area contributed by atoms with Crippen molar-refractivity contribution in [1.82, 2.24) is 4.98 Å². The Morgan fingerprint density at radius 2 is 2.19 bits per heavy atom. The number of nitrogens with one attached hydrogen (secondary N) is 1. The van der Waals surface area contributed by atoms with E-state index in [4.69, 9.17) is 22.7 Å². The monoisotopic (exact) mass is 301 g/mol. The van der Waals surface area contributed by atoms with Crippen LogP contribution in [0.1, 0.15) is 24.8 Å².